The number of benzene rings is 2. The number of hydrogen-bond acceptors (Lipinski definition) is 4. The SMILES string of the molecule is Cc1ccc(C(=O)NNC(=O)CN2CCN(Cc3ccccc3)CC2)c(C)c1. The van der Waals surface area contributed by atoms with E-state index in [1.165, 1.54) is 5.56 Å². The summed E-state index contributed by atoms with van der Waals surface area (Å²) in [4.78, 5) is 28.9. The lowest BCUT2D eigenvalue weighted by molar-refractivity contribution is -0.123. The highest BCUT2D eigenvalue weighted by Gasteiger charge is 2.19. The molecule has 2 aromatic rings. The van der Waals surface area contributed by atoms with Gasteiger partial charge in [-0.1, -0.05) is 48.0 Å². The summed E-state index contributed by atoms with van der Waals surface area (Å²) in [5, 5.41) is 0. The van der Waals surface area contributed by atoms with Crippen LogP contribution in [0.25, 0.3) is 0 Å². The highest BCUT2D eigenvalue weighted by atomic mass is 16.2. The summed E-state index contributed by atoms with van der Waals surface area (Å²) in [7, 11) is 0. The van der Waals surface area contributed by atoms with Crippen LogP contribution in [0.1, 0.15) is 27.0 Å². The summed E-state index contributed by atoms with van der Waals surface area (Å²) in [6.07, 6.45) is 0. The minimum atomic E-state index is -0.293. The van der Waals surface area contributed by atoms with Crippen LogP contribution in [0.4, 0.5) is 0 Å². The molecule has 0 spiro atoms. The van der Waals surface area contributed by atoms with Gasteiger partial charge in [-0.3, -0.25) is 30.2 Å². The van der Waals surface area contributed by atoms with Gasteiger partial charge in [0.1, 0.15) is 0 Å². The maximum Gasteiger partial charge on any atom is 0.269 e. The van der Waals surface area contributed by atoms with Crippen LogP contribution in [-0.4, -0.2) is 54.3 Å². The van der Waals surface area contributed by atoms with Crippen molar-refractivity contribution in [3.8, 4) is 0 Å². The largest absolute Gasteiger partial charge is 0.297 e. The second-order valence-corrected chi connectivity index (χ2v) is 7.36. The molecule has 1 saturated heterocycles. The zero-order chi connectivity index (χ0) is 19.9. The van der Waals surface area contributed by atoms with E-state index in [2.05, 4.69) is 44.9 Å². The smallest absolute Gasteiger partial charge is 0.269 e. The Morgan fingerprint density at radius 1 is 0.893 bits per heavy atom. The van der Waals surface area contributed by atoms with Crippen LogP contribution < -0.4 is 10.9 Å². The molecular formula is C22H28N4O2. The molecule has 148 valence electrons. The Morgan fingerprint density at radius 2 is 1.57 bits per heavy atom. The Kier molecular flexibility index (Phi) is 6.79. The summed E-state index contributed by atoms with van der Waals surface area (Å²) in [5.41, 5.74) is 8.91. The Balaban J connectivity index is 1.39. The predicted octanol–water partition coefficient (Wildman–Crippen LogP) is 1.88. The first-order valence-corrected chi connectivity index (χ1v) is 9.66. The van der Waals surface area contributed by atoms with Crippen molar-refractivity contribution < 1.29 is 9.59 Å². The van der Waals surface area contributed by atoms with E-state index >= 15 is 0 Å². The topological polar surface area (TPSA) is 64.7 Å². The molecule has 1 aliphatic heterocycles. The van der Waals surface area contributed by atoms with E-state index in [0.29, 0.717) is 5.56 Å². The van der Waals surface area contributed by atoms with Crippen molar-refractivity contribution in [3.63, 3.8) is 0 Å². The molecule has 1 fully saturated rings. The molecule has 0 atom stereocenters. The minimum absolute atomic E-state index is 0.199. The third-order valence-electron chi connectivity index (χ3n) is 5.02. The number of amides is 2. The highest BCUT2D eigenvalue weighted by molar-refractivity contribution is 5.96. The van der Waals surface area contributed by atoms with E-state index in [0.717, 1.165) is 43.9 Å². The van der Waals surface area contributed by atoms with Crippen molar-refractivity contribution in [3.05, 3.63) is 70.8 Å². The van der Waals surface area contributed by atoms with E-state index < -0.39 is 0 Å². The fourth-order valence-corrected chi connectivity index (χ4v) is 3.45. The van der Waals surface area contributed by atoms with Crippen molar-refractivity contribution in [1.29, 1.82) is 0 Å². The molecule has 1 heterocycles. The highest BCUT2D eigenvalue weighted by Crippen LogP contribution is 2.10. The molecule has 0 saturated carbocycles. The van der Waals surface area contributed by atoms with Gasteiger partial charge >= 0.3 is 0 Å². The van der Waals surface area contributed by atoms with Crippen LogP contribution in [0.15, 0.2) is 48.5 Å². The summed E-state index contributed by atoms with van der Waals surface area (Å²) in [5.74, 6) is -0.492. The molecular weight excluding hydrogens is 352 g/mol. The van der Waals surface area contributed by atoms with Gasteiger partial charge in [-0.15, -0.1) is 0 Å². The molecule has 0 bridgehead atoms. The summed E-state index contributed by atoms with van der Waals surface area (Å²) >= 11 is 0. The van der Waals surface area contributed by atoms with Crippen LogP contribution in [-0.2, 0) is 11.3 Å². The van der Waals surface area contributed by atoms with Crippen LogP contribution in [0.2, 0.25) is 0 Å². The molecule has 3 rings (SSSR count). The summed E-state index contributed by atoms with van der Waals surface area (Å²) in [6.45, 7) is 8.62. The maximum atomic E-state index is 12.2. The second-order valence-electron chi connectivity index (χ2n) is 7.36. The fraction of sp³-hybridized carbons (Fsp3) is 0.364. The monoisotopic (exact) mass is 380 g/mol. The zero-order valence-corrected chi connectivity index (χ0v) is 16.6. The van der Waals surface area contributed by atoms with Gasteiger partial charge in [0.2, 0.25) is 0 Å². The Morgan fingerprint density at radius 3 is 2.25 bits per heavy atom. The van der Waals surface area contributed by atoms with Gasteiger partial charge in [-0.05, 0) is 31.0 Å². The molecule has 1 aliphatic rings. The molecule has 2 amide bonds. The normalized spacial score (nSPS) is 15.2. The zero-order valence-electron chi connectivity index (χ0n) is 16.6. The van der Waals surface area contributed by atoms with Crippen molar-refractivity contribution in [1.82, 2.24) is 20.7 Å². The lowest BCUT2D eigenvalue weighted by Gasteiger charge is -2.34. The lowest BCUT2D eigenvalue weighted by atomic mass is 10.1. The first-order chi connectivity index (χ1) is 13.5. The van der Waals surface area contributed by atoms with Crippen LogP contribution in [0.5, 0.6) is 0 Å². The number of hydrogen-bond donors (Lipinski definition) is 2. The minimum Gasteiger partial charge on any atom is -0.297 e. The standard InChI is InChI=1S/C22H28N4O2/c1-17-8-9-20(18(2)14-17)22(28)24-23-21(27)16-26-12-10-25(11-13-26)15-19-6-4-3-5-7-19/h3-9,14H,10-13,15-16H2,1-2H3,(H,23,27)(H,24,28). The number of carbonyl (C=O) groups excluding carboxylic acids is 2. The van der Waals surface area contributed by atoms with E-state index in [1.54, 1.807) is 6.07 Å². The van der Waals surface area contributed by atoms with Gasteiger partial charge in [0.15, 0.2) is 0 Å². The van der Waals surface area contributed by atoms with Crippen molar-refractivity contribution in [2.45, 2.75) is 20.4 Å². The van der Waals surface area contributed by atoms with Gasteiger partial charge in [0.25, 0.3) is 11.8 Å². The molecule has 28 heavy (non-hydrogen) atoms. The number of hydrazine groups is 1. The first kappa shape index (κ1) is 20.0. The molecule has 0 aromatic heterocycles. The van der Waals surface area contributed by atoms with Gasteiger partial charge in [-0.2, -0.15) is 0 Å². The Bertz CT molecular complexity index is 815. The molecule has 2 N–H and O–H groups in total. The maximum absolute atomic E-state index is 12.2. The summed E-state index contributed by atoms with van der Waals surface area (Å²) in [6, 6.07) is 16.0. The van der Waals surface area contributed by atoms with E-state index in [-0.39, 0.29) is 18.4 Å². The third kappa shape index (κ3) is 5.65. The number of rotatable bonds is 5. The van der Waals surface area contributed by atoms with E-state index in [4.69, 9.17) is 0 Å². The first-order valence-electron chi connectivity index (χ1n) is 9.66. The van der Waals surface area contributed by atoms with Gasteiger partial charge < -0.3 is 0 Å². The molecule has 6 nitrogen and oxygen atoms in total. The van der Waals surface area contributed by atoms with E-state index in [1.807, 2.05) is 32.0 Å². The van der Waals surface area contributed by atoms with Crippen molar-refractivity contribution in [2.75, 3.05) is 32.7 Å². The molecule has 2 aromatic carbocycles. The average Bonchev–Trinajstić information content (AvgIpc) is 2.68. The quantitative estimate of drug-likeness (QED) is 0.778. The molecule has 0 radical (unpaired) electrons. The van der Waals surface area contributed by atoms with Crippen molar-refractivity contribution in [2.24, 2.45) is 0 Å². The van der Waals surface area contributed by atoms with Crippen LogP contribution in [0.3, 0.4) is 0 Å². The average molecular weight is 380 g/mol. The Hall–Kier alpha value is -2.70. The third-order valence-corrected chi connectivity index (χ3v) is 5.02. The Labute approximate surface area is 166 Å². The molecule has 0 unspecified atom stereocenters. The van der Waals surface area contributed by atoms with Crippen LogP contribution in [0, 0.1) is 13.8 Å². The lowest BCUT2D eigenvalue weighted by Crippen LogP contribution is -2.51. The van der Waals surface area contributed by atoms with Crippen molar-refractivity contribution >= 4 is 11.8 Å². The predicted molar refractivity (Wildman–Crippen MR) is 110 cm³/mol. The number of aryl methyl sites for hydroxylation is 2. The van der Waals surface area contributed by atoms with Gasteiger partial charge in [0.05, 0.1) is 6.54 Å². The second kappa shape index (κ2) is 9.48. The number of nitrogens with zero attached hydrogens (tertiary/aromatic N) is 2. The summed E-state index contributed by atoms with van der Waals surface area (Å²) < 4.78 is 0. The molecule has 0 aliphatic carbocycles. The van der Waals surface area contributed by atoms with Gasteiger partial charge in [-0.25, -0.2) is 0 Å². The number of piperazine rings is 1. The van der Waals surface area contributed by atoms with E-state index in [9.17, 15) is 9.59 Å². The van der Waals surface area contributed by atoms with Gasteiger partial charge in [0, 0.05) is 38.3 Å². The fourth-order valence-electron chi connectivity index (χ4n) is 3.45. The number of carbonyl (C=O) groups is 2. The number of nitrogens with one attached hydrogen (secondary N) is 2. The molecule has 6 heteroatoms. The van der Waals surface area contributed by atoms with Crippen LogP contribution >= 0.6 is 0 Å².